The number of carbonyl (C=O) groups excluding carboxylic acids is 1. The number of hydrogen-bond acceptors (Lipinski definition) is 5. The summed E-state index contributed by atoms with van der Waals surface area (Å²) in [4.78, 5) is 12.2. The Balaban J connectivity index is 0.00000264. The summed E-state index contributed by atoms with van der Waals surface area (Å²) in [5.41, 5.74) is 7.92. The fourth-order valence-corrected chi connectivity index (χ4v) is 3.21. The molecule has 0 saturated carbocycles. The van der Waals surface area contributed by atoms with Gasteiger partial charge < -0.3 is 5.73 Å². The van der Waals surface area contributed by atoms with E-state index >= 15 is 0 Å². The number of nitrogens with zero attached hydrogens (tertiary/aromatic N) is 2. The highest BCUT2D eigenvalue weighted by molar-refractivity contribution is 7.15. The molecule has 1 aromatic carbocycles. The molecule has 3 N–H and O–H groups in total. The smallest absolute Gasteiger partial charge is 0.247 e. The van der Waals surface area contributed by atoms with Crippen LogP contribution in [0.15, 0.2) is 24.3 Å². The maximum Gasteiger partial charge on any atom is 0.247 e. The molecule has 0 aliphatic heterocycles. The quantitative estimate of drug-likeness (QED) is 0.826. The van der Waals surface area contributed by atoms with Crippen molar-refractivity contribution in [3.8, 4) is 0 Å². The highest BCUT2D eigenvalue weighted by Crippen LogP contribution is 2.28. The second-order valence-corrected chi connectivity index (χ2v) is 6.35. The molecule has 0 radical (unpaired) electrons. The number of halogens is 1. The summed E-state index contributed by atoms with van der Waals surface area (Å²) >= 11 is 1.42. The van der Waals surface area contributed by atoms with Crippen molar-refractivity contribution in [1.82, 2.24) is 10.2 Å². The van der Waals surface area contributed by atoms with Crippen LogP contribution in [-0.2, 0) is 4.79 Å². The molecule has 0 fully saturated rings. The summed E-state index contributed by atoms with van der Waals surface area (Å²) in [6.45, 7) is 6.25. The van der Waals surface area contributed by atoms with Crippen molar-refractivity contribution in [2.45, 2.75) is 45.6 Å². The third-order valence-electron chi connectivity index (χ3n) is 3.72. The summed E-state index contributed by atoms with van der Waals surface area (Å²) in [7, 11) is 0. The van der Waals surface area contributed by atoms with Gasteiger partial charge in [0.1, 0.15) is 11.0 Å². The maximum absolute atomic E-state index is 12.2. The Kier molecular flexibility index (Phi) is 7.61. The second kappa shape index (κ2) is 8.96. The monoisotopic (exact) mass is 354 g/mol. The van der Waals surface area contributed by atoms with E-state index in [0.29, 0.717) is 11.0 Å². The van der Waals surface area contributed by atoms with E-state index in [4.69, 9.17) is 5.73 Å². The number of amides is 1. The number of carbonyl (C=O) groups is 1. The Hall–Kier alpha value is -1.50. The van der Waals surface area contributed by atoms with E-state index in [2.05, 4.69) is 29.4 Å². The molecule has 0 aliphatic carbocycles. The van der Waals surface area contributed by atoms with Gasteiger partial charge in [-0.1, -0.05) is 55.0 Å². The lowest BCUT2D eigenvalue weighted by molar-refractivity contribution is -0.117. The van der Waals surface area contributed by atoms with Crippen LogP contribution >= 0.6 is 23.7 Å². The van der Waals surface area contributed by atoms with E-state index in [9.17, 15) is 4.79 Å². The van der Waals surface area contributed by atoms with Gasteiger partial charge in [-0.3, -0.25) is 10.1 Å². The number of aromatic nitrogens is 2. The van der Waals surface area contributed by atoms with Gasteiger partial charge in [0.25, 0.3) is 0 Å². The molecule has 0 spiro atoms. The van der Waals surface area contributed by atoms with Crippen molar-refractivity contribution in [2.75, 3.05) is 5.32 Å². The highest BCUT2D eigenvalue weighted by atomic mass is 35.5. The molecule has 0 bridgehead atoms. The number of anilines is 1. The van der Waals surface area contributed by atoms with Crippen LogP contribution in [0.1, 0.15) is 54.8 Å². The van der Waals surface area contributed by atoms with Gasteiger partial charge in [0, 0.05) is 5.92 Å². The number of rotatable bonds is 6. The van der Waals surface area contributed by atoms with Gasteiger partial charge in [-0.2, -0.15) is 0 Å². The molecule has 1 aromatic heterocycles. The summed E-state index contributed by atoms with van der Waals surface area (Å²) in [6.07, 6.45) is 2.03. The van der Waals surface area contributed by atoms with Crippen molar-refractivity contribution in [3.05, 3.63) is 40.4 Å². The number of nitrogens with one attached hydrogen (secondary N) is 1. The maximum atomic E-state index is 12.2. The number of benzene rings is 1. The van der Waals surface area contributed by atoms with Gasteiger partial charge in [0.2, 0.25) is 11.0 Å². The molecule has 1 atom stereocenters. The topological polar surface area (TPSA) is 80.9 Å². The van der Waals surface area contributed by atoms with Crippen LogP contribution < -0.4 is 11.1 Å². The van der Waals surface area contributed by atoms with Crippen molar-refractivity contribution in [2.24, 2.45) is 5.73 Å². The predicted octanol–water partition coefficient (Wildman–Crippen LogP) is 3.81. The minimum atomic E-state index is -0.707. The predicted molar refractivity (Wildman–Crippen MR) is 97.2 cm³/mol. The average Bonchev–Trinajstić information content (AvgIpc) is 2.97. The fourth-order valence-electron chi connectivity index (χ4n) is 2.20. The lowest BCUT2D eigenvalue weighted by Crippen LogP contribution is -2.27. The first-order valence-corrected chi connectivity index (χ1v) is 8.33. The van der Waals surface area contributed by atoms with Gasteiger partial charge in [-0.25, -0.2) is 0 Å². The lowest BCUT2D eigenvalue weighted by Gasteiger charge is -2.11. The molecule has 2 rings (SSSR count). The largest absolute Gasteiger partial charge is 0.316 e. The molecule has 1 unspecified atom stereocenters. The minimum absolute atomic E-state index is 0. The minimum Gasteiger partial charge on any atom is -0.316 e. The van der Waals surface area contributed by atoms with Gasteiger partial charge >= 0.3 is 0 Å². The van der Waals surface area contributed by atoms with Crippen LogP contribution in [0.2, 0.25) is 0 Å². The molecule has 2 aromatic rings. The van der Waals surface area contributed by atoms with Crippen molar-refractivity contribution in [1.29, 1.82) is 0 Å². The van der Waals surface area contributed by atoms with Gasteiger partial charge in [-0.15, -0.1) is 22.6 Å². The zero-order valence-corrected chi connectivity index (χ0v) is 15.2. The zero-order chi connectivity index (χ0) is 16.1. The summed E-state index contributed by atoms with van der Waals surface area (Å²) in [5.74, 6) is 0.130. The Morgan fingerprint density at radius 1 is 1.22 bits per heavy atom. The van der Waals surface area contributed by atoms with E-state index in [1.807, 2.05) is 31.2 Å². The summed E-state index contributed by atoms with van der Waals surface area (Å²) in [5, 5.41) is 12.4. The normalized spacial score (nSPS) is 11.9. The molecular weight excluding hydrogens is 332 g/mol. The molecule has 7 heteroatoms. The molecule has 5 nitrogen and oxygen atoms in total. The zero-order valence-electron chi connectivity index (χ0n) is 13.6. The van der Waals surface area contributed by atoms with Crippen LogP contribution in [0.5, 0.6) is 0 Å². The molecule has 0 aliphatic rings. The summed E-state index contributed by atoms with van der Waals surface area (Å²) < 4.78 is 0. The van der Waals surface area contributed by atoms with E-state index in [1.165, 1.54) is 11.3 Å². The van der Waals surface area contributed by atoms with E-state index < -0.39 is 6.04 Å². The van der Waals surface area contributed by atoms with Gasteiger partial charge in [0.05, 0.1) is 0 Å². The van der Waals surface area contributed by atoms with Crippen LogP contribution in [0.25, 0.3) is 0 Å². The van der Waals surface area contributed by atoms with Crippen LogP contribution in [0, 0.1) is 6.92 Å². The molecule has 1 amide bonds. The van der Waals surface area contributed by atoms with Gasteiger partial charge in [-0.05, 0) is 25.3 Å². The molecular formula is C16H23ClN4OS. The Morgan fingerprint density at radius 2 is 1.83 bits per heavy atom. The third-order valence-corrected chi connectivity index (χ3v) is 4.73. The number of aryl methyl sites for hydroxylation is 1. The van der Waals surface area contributed by atoms with Crippen molar-refractivity contribution >= 4 is 34.8 Å². The van der Waals surface area contributed by atoms with Crippen molar-refractivity contribution < 1.29 is 4.79 Å². The Bertz CT molecular complexity index is 625. The Labute approximate surface area is 147 Å². The van der Waals surface area contributed by atoms with Crippen LogP contribution in [-0.4, -0.2) is 16.1 Å². The van der Waals surface area contributed by atoms with E-state index in [-0.39, 0.29) is 18.3 Å². The van der Waals surface area contributed by atoms with E-state index in [0.717, 1.165) is 29.0 Å². The molecule has 1 heterocycles. The van der Waals surface area contributed by atoms with Crippen molar-refractivity contribution in [3.63, 3.8) is 0 Å². The number of hydrogen-bond donors (Lipinski definition) is 2. The summed E-state index contributed by atoms with van der Waals surface area (Å²) in [6, 6.07) is 6.92. The second-order valence-electron chi connectivity index (χ2n) is 5.34. The first kappa shape index (κ1) is 19.5. The Morgan fingerprint density at radius 3 is 2.39 bits per heavy atom. The fraction of sp³-hybridized carbons (Fsp3) is 0.438. The first-order chi connectivity index (χ1) is 10.5. The lowest BCUT2D eigenvalue weighted by atomic mass is 10.1. The highest BCUT2D eigenvalue weighted by Gasteiger charge is 2.19. The SMILES string of the molecule is CCC(CC)c1nnc(NC(=O)C(N)c2ccc(C)cc2)s1.Cl. The van der Waals surface area contributed by atoms with E-state index in [1.54, 1.807) is 0 Å². The van der Waals surface area contributed by atoms with Gasteiger partial charge in [0.15, 0.2) is 0 Å². The molecule has 126 valence electrons. The number of nitrogens with two attached hydrogens (primary N) is 1. The third kappa shape index (κ3) is 4.99. The first-order valence-electron chi connectivity index (χ1n) is 7.51. The standard InChI is InChI=1S/C16H22N4OS.ClH/c1-4-11(5-2)15-19-20-16(22-15)18-14(21)13(17)12-8-6-10(3)7-9-12;/h6-9,11,13H,4-5,17H2,1-3H3,(H,18,20,21);1H. The van der Waals surface area contributed by atoms with Crippen LogP contribution in [0.4, 0.5) is 5.13 Å². The molecule has 23 heavy (non-hydrogen) atoms. The molecule has 0 saturated heterocycles. The van der Waals surface area contributed by atoms with Crippen LogP contribution in [0.3, 0.4) is 0 Å². The average molecular weight is 355 g/mol.